The van der Waals surface area contributed by atoms with Crippen molar-refractivity contribution in [2.45, 2.75) is 79.6 Å². The summed E-state index contributed by atoms with van der Waals surface area (Å²) in [7, 11) is 0. The standard InChI is InChI=1S/C22H36N2O4S2.C2H6/c1-17(13-18-15-27-23-20(18)25)7-4-9-29-11-6-12-30-10-5-8-22(2,3)14-19-16-28-24-21(19)26;1-2/h15-17H,4-14H2,1-3H3,(H,23,25)(H,24,26);1-2H3. The molecule has 0 saturated heterocycles. The molecule has 32 heavy (non-hydrogen) atoms. The Balaban J connectivity index is 0.00000249. The molecule has 2 rings (SSSR count). The van der Waals surface area contributed by atoms with Crippen LogP contribution in [0.15, 0.2) is 31.2 Å². The van der Waals surface area contributed by atoms with Gasteiger partial charge >= 0.3 is 0 Å². The van der Waals surface area contributed by atoms with Gasteiger partial charge in [-0.15, -0.1) is 0 Å². The van der Waals surface area contributed by atoms with Gasteiger partial charge in [0.05, 0.1) is 11.1 Å². The Kier molecular flexibility index (Phi) is 14.7. The van der Waals surface area contributed by atoms with Crippen molar-refractivity contribution in [3.8, 4) is 0 Å². The Labute approximate surface area is 201 Å². The molecule has 184 valence electrons. The molecule has 1 unspecified atom stereocenters. The van der Waals surface area contributed by atoms with Gasteiger partial charge in [0.1, 0.15) is 12.5 Å². The Morgan fingerprint density at radius 3 is 1.97 bits per heavy atom. The molecule has 0 aliphatic carbocycles. The van der Waals surface area contributed by atoms with Crippen LogP contribution in [0.1, 0.15) is 77.8 Å². The smallest absolute Gasteiger partial charge is 0.283 e. The van der Waals surface area contributed by atoms with Gasteiger partial charge in [-0.3, -0.25) is 9.59 Å². The number of thioether (sulfide) groups is 2. The quantitative estimate of drug-likeness (QED) is 0.277. The first-order valence-corrected chi connectivity index (χ1v) is 14.1. The van der Waals surface area contributed by atoms with E-state index in [2.05, 4.69) is 31.1 Å². The van der Waals surface area contributed by atoms with E-state index >= 15 is 0 Å². The summed E-state index contributed by atoms with van der Waals surface area (Å²) in [4.78, 5) is 23.0. The minimum atomic E-state index is -0.0994. The number of hydrogen-bond acceptors (Lipinski definition) is 6. The van der Waals surface area contributed by atoms with Crippen LogP contribution in [0.5, 0.6) is 0 Å². The van der Waals surface area contributed by atoms with E-state index in [1.54, 1.807) is 0 Å². The summed E-state index contributed by atoms with van der Waals surface area (Å²) in [6.45, 7) is 10.6. The van der Waals surface area contributed by atoms with Crippen LogP contribution in [0.25, 0.3) is 0 Å². The van der Waals surface area contributed by atoms with Crippen LogP contribution in [0.2, 0.25) is 0 Å². The minimum Gasteiger partial charge on any atom is -0.387 e. The number of rotatable bonds is 16. The monoisotopic (exact) mass is 486 g/mol. The van der Waals surface area contributed by atoms with Crippen molar-refractivity contribution in [3.05, 3.63) is 44.4 Å². The molecule has 6 nitrogen and oxygen atoms in total. The highest BCUT2D eigenvalue weighted by Crippen LogP contribution is 2.27. The number of aromatic nitrogens is 2. The first-order chi connectivity index (χ1) is 15.4. The summed E-state index contributed by atoms with van der Waals surface area (Å²) in [5.74, 6) is 5.32. The molecular weight excluding hydrogens is 444 g/mol. The highest BCUT2D eigenvalue weighted by molar-refractivity contribution is 8.00. The van der Waals surface area contributed by atoms with Crippen LogP contribution in [-0.4, -0.2) is 33.3 Å². The van der Waals surface area contributed by atoms with E-state index in [0.29, 0.717) is 5.92 Å². The molecule has 2 heterocycles. The number of nitrogens with one attached hydrogen (secondary N) is 2. The maximum Gasteiger partial charge on any atom is 0.283 e. The van der Waals surface area contributed by atoms with Crippen molar-refractivity contribution in [1.29, 1.82) is 0 Å². The summed E-state index contributed by atoms with van der Waals surface area (Å²) in [5.41, 5.74) is 1.43. The maximum absolute atomic E-state index is 11.6. The molecule has 2 aromatic heterocycles. The van der Waals surface area contributed by atoms with E-state index in [1.165, 1.54) is 54.8 Å². The fraction of sp³-hybridized carbons (Fsp3) is 0.750. The van der Waals surface area contributed by atoms with Crippen LogP contribution in [0.3, 0.4) is 0 Å². The Morgan fingerprint density at radius 1 is 0.875 bits per heavy atom. The molecule has 0 amide bonds. The van der Waals surface area contributed by atoms with Crippen molar-refractivity contribution in [1.82, 2.24) is 10.3 Å². The molecule has 0 bridgehead atoms. The van der Waals surface area contributed by atoms with Crippen LogP contribution in [0, 0.1) is 11.3 Å². The van der Waals surface area contributed by atoms with Gasteiger partial charge in [-0.05, 0) is 79.3 Å². The molecule has 0 aromatic carbocycles. The third-order valence-electron chi connectivity index (χ3n) is 5.23. The summed E-state index contributed by atoms with van der Waals surface area (Å²) in [5, 5.41) is 4.71. The Bertz CT molecular complexity index is 822. The predicted octanol–water partition coefficient (Wildman–Crippen LogP) is 6.14. The van der Waals surface area contributed by atoms with Crippen LogP contribution in [-0.2, 0) is 12.8 Å². The molecular formula is C24H42N2O4S2. The second-order valence-electron chi connectivity index (χ2n) is 8.86. The highest BCUT2D eigenvalue weighted by Gasteiger charge is 2.20. The lowest BCUT2D eigenvalue weighted by molar-refractivity contribution is 0.328. The molecule has 0 aliphatic rings. The largest absolute Gasteiger partial charge is 0.387 e. The third kappa shape index (κ3) is 12.1. The zero-order chi connectivity index (χ0) is 23.8. The number of aromatic amines is 2. The van der Waals surface area contributed by atoms with Crippen molar-refractivity contribution >= 4 is 23.5 Å². The lowest BCUT2D eigenvalue weighted by Gasteiger charge is -2.23. The second kappa shape index (κ2) is 16.4. The fourth-order valence-electron chi connectivity index (χ4n) is 3.54. The molecule has 0 fully saturated rings. The van der Waals surface area contributed by atoms with Gasteiger partial charge in [0, 0.05) is 0 Å². The highest BCUT2D eigenvalue weighted by atomic mass is 32.2. The number of hydrogen-bond donors (Lipinski definition) is 2. The van der Waals surface area contributed by atoms with Gasteiger partial charge in [-0.25, -0.2) is 0 Å². The second-order valence-corrected chi connectivity index (χ2v) is 11.3. The van der Waals surface area contributed by atoms with E-state index in [-0.39, 0.29) is 16.5 Å². The normalized spacial score (nSPS) is 12.4. The molecule has 2 N–H and O–H groups in total. The lowest BCUT2D eigenvalue weighted by atomic mass is 9.82. The Morgan fingerprint density at radius 2 is 1.41 bits per heavy atom. The van der Waals surface area contributed by atoms with E-state index in [0.717, 1.165) is 36.8 Å². The summed E-state index contributed by atoms with van der Waals surface area (Å²) < 4.78 is 9.71. The molecule has 2 aromatic rings. The minimum absolute atomic E-state index is 0.0921. The molecule has 0 radical (unpaired) electrons. The Hall–Kier alpha value is -1.28. The molecule has 0 aliphatic heterocycles. The van der Waals surface area contributed by atoms with Gasteiger partial charge in [-0.2, -0.15) is 33.8 Å². The van der Waals surface area contributed by atoms with Crippen LogP contribution >= 0.6 is 23.5 Å². The van der Waals surface area contributed by atoms with Gasteiger partial charge in [0.25, 0.3) is 11.1 Å². The van der Waals surface area contributed by atoms with E-state index in [9.17, 15) is 9.59 Å². The average Bonchev–Trinajstić information content (AvgIpc) is 3.35. The molecule has 8 heteroatoms. The molecule has 1 atom stereocenters. The van der Waals surface area contributed by atoms with Gasteiger partial charge in [0.2, 0.25) is 0 Å². The summed E-state index contributed by atoms with van der Waals surface area (Å²) >= 11 is 4.07. The predicted molar refractivity (Wildman–Crippen MR) is 138 cm³/mol. The SMILES string of the molecule is CC.CC(CCCSCCCSCCCC(C)(C)Cc1co[nH]c1=O)Cc1co[nH]c1=O. The zero-order valence-electron chi connectivity index (χ0n) is 20.5. The van der Waals surface area contributed by atoms with Crippen molar-refractivity contribution in [3.63, 3.8) is 0 Å². The van der Waals surface area contributed by atoms with Crippen molar-refractivity contribution in [2.75, 3.05) is 23.0 Å². The van der Waals surface area contributed by atoms with Gasteiger partial charge in [0.15, 0.2) is 0 Å². The molecule has 0 spiro atoms. The first-order valence-electron chi connectivity index (χ1n) is 11.8. The topological polar surface area (TPSA) is 92.0 Å². The van der Waals surface area contributed by atoms with Crippen molar-refractivity contribution in [2.24, 2.45) is 11.3 Å². The van der Waals surface area contributed by atoms with Gasteiger partial charge < -0.3 is 9.05 Å². The van der Waals surface area contributed by atoms with E-state index in [4.69, 9.17) is 9.05 Å². The van der Waals surface area contributed by atoms with Crippen molar-refractivity contribution < 1.29 is 9.05 Å². The third-order valence-corrected chi connectivity index (χ3v) is 7.54. The zero-order valence-corrected chi connectivity index (χ0v) is 22.1. The fourth-order valence-corrected chi connectivity index (χ4v) is 5.55. The van der Waals surface area contributed by atoms with Crippen LogP contribution in [0.4, 0.5) is 0 Å². The molecule has 0 saturated carbocycles. The average molecular weight is 487 g/mol. The summed E-state index contributed by atoms with van der Waals surface area (Å²) in [6.07, 6.45) is 10.5. The van der Waals surface area contributed by atoms with E-state index in [1.807, 2.05) is 37.4 Å². The summed E-state index contributed by atoms with van der Waals surface area (Å²) in [6, 6.07) is 0. The lowest BCUT2D eigenvalue weighted by Crippen LogP contribution is -2.19. The first kappa shape index (κ1) is 28.8. The van der Waals surface area contributed by atoms with Crippen LogP contribution < -0.4 is 11.1 Å². The maximum atomic E-state index is 11.6. The van der Waals surface area contributed by atoms with E-state index < -0.39 is 0 Å². The number of H-pyrrole nitrogens is 2. The van der Waals surface area contributed by atoms with Gasteiger partial charge in [-0.1, -0.05) is 34.6 Å².